The lowest BCUT2D eigenvalue weighted by molar-refractivity contribution is 0.182. The number of aromatic nitrogens is 1. The van der Waals surface area contributed by atoms with Crippen LogP contribution in [-0.2, 0) is 4.84 Å². The maximum Gasteiger partial charge on any atom is 0.172 e. The monoisotopic (exact) mass is 192 g/mol. The highest BCUT2D eigenvalue weighted by Crippen LogP contribution is 2.21. The van der Waals surface area contributed by atoms with Crippen molar-refractivity contribution < 1.29 is 4.84 Å². The molecule has 0 bridgehead atoms. The molecule has 2 N–H and O–H groups in total. The number of anilines is 2. The number of nitrogens with zero attached hydrogens (tertiary/aromatic N) is 3. The van der Waals surface area contributed by atoms with E-state index in [-0.39, 0.29) is 0 Å². The number of hydroxylamine groups is 1. The summed E-state index contributed by atoms with van der Waals surface area (Å²) >= 11 is 0. The fourth-order valence-electron chi connectivity index (χ4n) is 1.13. The van der Waals surface area contributed by atoms with E-state index in [0.717, 1.165) is 5.56 Å². The molecule has 1 rings (SSSR count). The van der Waals surface area contributed by atoms with Crippen LogP contribution in [-0.4, -0.2) is 19.1 Å². The Kier molecular flexibility index (Phi) is 2.89. The second-order valence-electron chi connectivity index (χ2n) is 2.85. The van der Waals surface area contributed by atoms with Gasteiger partial charge in [0.1, 0.15) is 11.9 Å². The van der Waals surface area contributed by atoms with Crippen molar-refractivity contribution in [2.75, 3.05) is 25.0 Å². The van der Waals surface area contributed by atoms with Gasteiger partial charge in [-0.05, 0) is 18.6 Å². The predicted molar refractivity (Wildman–Crippen MR) is 53.5 cm³/mol. The summed E-state index contributed by atoms with van der Waals surface area (Å²) in [4.78, 5) is 8.98. The molecule has 0 aromatic carbocycles. The zero-order valence-electron chi connectivity index (χ0n) is 8.40. The highest BCUT2D eigenvalue weighted by molar-refractivity contribution is 5.59. The maximum atomic E-state index is 8.92. The smallest absolute Gasteiger partial charge is 0.172 e. The van der Waals surface area contributed by atoms with Gasteiger partial charge in [-0.3, -0.25) is 4.84 Å². The Morgan fingerprint density at radius 2 is 2.29 bits per heavy atom. The van der Waals surface area contributed by atoms with E-state index in [4.69, 9.17) is 15.8 Å². The first kappa shape index (κ1) is 10.3. The summed E-state index contributed by atoms with van der Waals surface area (Å²) in [6.07, 6.45) is 0. The Balaban J connectivity index is 3.34. The van der Waals surface area contributed by atoms with Crippen molar-refractivity contribution in [3.8, 4) is 6.07 Å². The third kappa shape index (κ3) is 1.75. The van der Waals surface area contributed by atoms with Gasteiger partial charge in [0.2, 0.25) is 0 Å². The standard InChI is InChI=1S/C9H12N4O/c1-6-4-8(11)12-9(7(6)5-10)13(2)14-3/h4H,1-3H3,(H2,11,12). The normalized spacial score (nSPS) is 9.57. The fraction of sp³-hybridized carbons (Fsp3) is 0.333. The van der Waals surface area contributed by atoms with E-state index in [2.05, 4.69) is 11.1 Å². The molecule has 0 fully saturated rings. The SMILES string of the molecule is CON(C)c1nc(N)cc(C)c1C#N. The molecule has 5 nitrogen and oxygen atoms in total. The fourth-order valence-corrected chi connectivity index (χ4v) is 1.13. The molecule has 1 heterocycles. The number of pyridine rings is 1. The third-order valence-corrected chi connectivity index (χ3v) is 1.90. The number of nitriles is 1. The van der Waals surface area contributed by atoms with Crippen molar-refractivity contribution >= 4 is 11.6 Å². The lowest BCUT2D eigenvalue weighted by Crippen LogP contribution is -2.18. The van der Waals surface area contributed by atoms with Crippen molar-refractivity contribution in [3.63, 3.8) is 0 Å². The molecule has 0 spiro atoms. The number of aryl methyl sites for hydroxylation is 1. The van der Waals surface area contributed by atoms with E-state index in [1.54, 1.807) is 13.1 Å². The van der Waals surface area contributed by atoms with E-state index >= 15 is 0 Å². The average Bonchev–Trinajstić information content (AvgIpc) is 2.15. The molecule has 0 amide bonds. The number of nitrogen functional groups attached to an aromatic ring is 1. The van der Waals surface area contributed by atoms with Crippen LogP contribution in [0.2, 0.25) is 0 Å². The topological polar surface area (TPSA) is 75.2 Å². The van der Waals surface area contributed by atoms with Crippen LogP contribution in [0.15, 0.2) is 6.07 Å². The molecule has 74 valence electrons. The number of hydrogen-bond acceptors (Lipinski definition) is 5. The molecule has 0 unspecified atom stereocenters. The number of nitrogens with two attached hydrogens (primary N) is 1. The van der Waals surface area contributed by atoms with Crippen LogP contribution in [0, 0.1) is 18.3 Å². The first-order chi connectivity index (χ1) is 6.60. The molecular weight excluding hydrogens is 180 g/mol. The largest absolute Gasteiger partial charge is 0.384 e. The molecule has 1 aromatic heterocycles. The zero-order valence-corrected chi connectivity index (χ0v) is 8.40. The van der Waals surface area contributed by atoms with Gasteiger partial charge in [0.25, 0.3) is 0 Å². The Morgan fingerprint density at radius 1 is 1.64 bits per heavy atom. The van der Waals surface area contributed by atoms with Crippen molar-refractivity contribution in [1.29, 1.82) is 5.26 Å². The van der Waals surface area contributed by atoms with E-state index in [0.29, 0.717) is 17.2 Å². The molecule has 0 aliphatic heterocycles. The third-order valence-electron chi connectivity index (χ3n) is 1.90. The summed E-state index contributed by atoms with van der Waals surface area (Å²) < 4.78 is 0. The van der Waals surface area contributed by atoms with E-state index in [9.17, 15) is 0 Å². The summed E-state index contributed by atoms with van der Waals surface area (Å²) in [5.74, 6) is 0.813. The van der Waals surface area contributed by atoms with Gasteiger partial charge in [-0.1, -0.05) is 0 Å². The molecule has 0 saturated heterocycles. The second-order valence-corrected chi connectivity index (χ2v) is 2.85. The van der Waals surface area contributed by atoms with Gasteiger partial charge in [0.05, 0.1) is 12.7 Å². The summed E-state index contributed by atoms with van der Waals surface area (Å²) in [5.41, 5.74) is 6.84. The van der Waals surface area contributed by atoms with Gasteiger partial charge in [0.15, 0.2) is 5.82 Å². The minimum atomic E-state index is 0.375. The molecule has 0 atom stereocenters. The molecule has 1 aromatic rings. The van der Waals surface area contributed by atoms with E-state index in [1.165, 1.54) is 12.2 Å². The van der Waals surface area contributed by atoms with Crippen LogP contribution < -0.4 is 10.8 Å². The zero-order chi connectivity index (χ0) is 10.7. The first-order valence-electron chi connectivity index (χ1n) is 4.05. The minimum absolute atomic E-state index is 0.375. The van der Waals surface area contributed by atoms with Crippen molar-refractivity contribution in [1.82, 2.24) is 4.98 Å². The Morgan fingerprint density at radius 3 is 2.79 bits per heavy atom. The Labute approximate surface area is 82.7 Å². The molecule has 0 saturated carbocycles. The van der Waals surface area contributed by atoms with Crippen molar-refractivity contribution in [3.05, 3.63) is 17.2 Å². The summed E-state index contributed by atoms with van der Waals surface area (Å²) in [5, 5.41) is 10.3. The van der Waals surface area contributed by atoms with Gasteiger partial charge < -0.3 is 5.73 Å². The van der Waals surface area contributed by atoms with Gasteiger partial charge in [-0.15, -0.1) is 0 Å². The summed E-state index contributed by atoms with van der Waals surface area (Å²) in [7, 11) is 3.17. The molecule has 5 heteroatoms. The molecule has 0 aliphatic carbocycles. The number of hydrogen-bond donors (Lipinski definition) is 1. The van der Waals surface area contributed by atoms with Crippen LogP contribution in [0.3, 0.4) is 0 Å². The van der Waals surface area contributed by atoms with Crippen LogP contribution in [0.4, 0.5) is 11.6 Å². The van der Waals surface area contributed by atoms with Crippen molar-refractivity contribution in [2.45, 2.75) is 6.92 Å². The van der Waals surface area contributed by atoms with Crippen LogP contribution in [0.25, 0.3) is 0 Å². The highest BCUT2D eigenvalue weighted by Gasteiger charge is 2.12. The second kappa shape index (κ2) is 3.94. The lowest BCUT2D eigenvalue weighted by Gasteiger charge is -2.17. The quantitative estimate of drug-likeness (QED) is 0.703. The lowest BCUT2D eigenvalue weighted by atomic mass is 10.1. The Bertz CT molecular complexity index is 383. The molecule has 0 radical (unpaired) electrons. The van der Waals surface area contributed by atoms with Crippen molar-refractivity contribution in [2.24, 2.45) is 0 Å². The van der Waals surface area contributed by atoms with Gasteiger partial charge in [0, 0.05) is 7.05 Å². The average molecular weight is 192 g/mol. The van der Waals surface area contributed by atoms with E-state index < -0.39 is 0 Å². The number of rotatable bonds is 2. The summed E-state index contributed by atoms with van der Waals surface area (Å²) in [6.45, 7) is 1.81. The minimum Gasteiger partial charge on any atom is -0.384 e. The van der Waals surface area contributed by atoms with Gasteiger partial charge in [-0.25, -0.2) is 10.0 Å². The molecule has 0 aliphatic rings. The van der Waals surface area contributed by atoms with E-state index in [1.807, 2.05) is 6.92 Å². The molecular formula is C9H12N4O. The van der Waals surface area contributed by atoms with Gasteiger partial charge in [-0.2, -0.15) is 5.26 Å². The molecule has 14 heavy (non-hydrogen) atoms. The van der Waals surface area contributed by atoms with Gasteiger partial charge >= 0.3 is 0 Å². The highest BCUT2D eigenvalue weighted by atomic mass is 16.7. The van der Waals surface area contributed by atoms with Crippen LogP contribution >= 0.6 is 0 Å². The predicted octanol–water partition coefficient (Wildman–Crippen LogP) is 0.841. The van der Waals surface area contributed by atoms with Crippen LogP contribution in [0.1, 0.15) is 11.1 Å². The first-order valence-corrected chi connectivity index (χ1v) is 4.05. The Hall–Kier alpha value is -1.80. The summed E-state index contributed by atoms with van der Waals surface area (Å²) in [6, 6.07) is 3.72. The maximum absolute atomic E-state index is 8.92. The van der Waals surface area contributed by atoms with Crippen LogP contribution in [0.5, 0.6) is 0 Å².